The summed E-state index contributed by atoms with van der Waals surface area (Å²) >= 11 is 1.57. The van der Waals surface area contributed by atoms with Gasteiger partial charge in [0.05, 0.1) is 6.54 Å². The van der Waals surface area contributed by atoms with E-state index in [1.807, 2.05) is 11.0 Å². The summed E-state index contributed by atoms with van der Waals surface area (Å²) < 4.78 is 0. The second-order valence-corrected chi connectivity index (χ2v) is 7.79. The van der Waals surface area contributed by atoms with Crippen LogP contribution in [0.25, 0.3) is 0 Å². The molecule has 1 aromatic heterocycles. The van der Waals surface area contributed by atoms with Gasteiger partial charge in [-0.1, -0.05) is 55.5 Å². The first-order chi connectivity index (χ1) is 11.5. The number of carbonyl (C=O) groups is 1. The summed E-state index contributed by atoms with van der Waals surface area (Å²) in [7, 11) is 0. The van der Waals surface area contributed by atoms with Gasteiger partial charge >= 0.3 is 6.03 Å². The standard InChI is InChI=1S/C18H24N4OS/c1-12(2)17-21-20-16(24-17)10-19-18(23)22-11-15(9-13(22)3)14-7-5-4-6-8-14/h4-8,12-13,15H,9-11H2,1-3H3,(H,19,23). The molecule has 1 aliphatic rings. The van der Waals surface area contributed by atoms with Crippen molar-refractivity contribution >= 4 is 17.4 Å². The first-order valence-electron chi connectivity index (χ1n) is 8.46. The fourth-order valence-electron chi connectivity index (χ4n) is 3.10. The second-order valence-electron chi connectivity index (χ2n) is 6.69. The van der Waals surface area contributed by atoms with Crippen LogP contribution in [0.5, 0.6) is 0 Å². The molecule has 0 saturated carbocycles. The Balaban J connectivity index is 1.56. The van der Waals surface area contributed by atoms with E-state index >= 15 is 0 Å². The van der Waals surface area contributed by atoms with Crippen LogP contribution in [0, 0.1) is 0 Å². The van der Waals surface area contributed by atoms with Gasteiger partial charge in [0.1, 0.15) is 10.0 Å². The molecule has 0 radical (unpaired) electrons. The highest BCUT2D eigenvalue weighted by Crippen LogP contribution is 2.31. The Labute approximate surface area is 147 Å². The van der Waals surface area contributed by atoms with Crippen LogP contribution < -0.4 is 5.32 Å². The zero-order valence-corrected chi connectivity index (χ0v) is 15.2. The predicted octanol–water partition coefficient (Wildman–Crippen LogP) is 3.75. The third-order valence-electron chi connectivity index (χ3n) is 4.47. The lowest BCUT2D eigenvalue weighted by Gasteiger charge is -2.21. The molecular formula is C18H24N4OS. The molecule has 1 aromatic carbocycles. The zero-order valence-electron chi connectivity index (χ0n) is 14.4. The van der Waals surface area contributed by atoms with Gasteiger partial charge in [0.15, 0.2) is 0 Å². The van der Waals surface area contributed by atoms with Crippen LogP contribution in [0.1, 0.15) is 54.6 Å². The lowest BCUT2D eigenvalue weighted by molar-refractivity contribution is 0.195. The number of amides is 2. The number of urea groups is 1. The molecular weight excluding hydrogens is 320 g/mol. The molecule has 2 aromatic rings. The summed E-state index contributed by atoms with van der Waals surface area (Å²) in [6.07, 6.45) is 1.01. The highest BCUT2D eigenvalue weighted by molar-refractivity contribution is 7.11. The Morgan fingerprint density at radius 2 is 2.08 bits per heavy atom. The van der Waals surface area contributed by atoms with E-state index in [1.54, 1.807) is 11.3 Å². The Hall–Kier alpha value is -1.95. The summed E-state index contributed by atoms with van der Waals surface area (Å²) in [5.74, 6) is 0.790. The van der Waals surface area contributed by atoms with E-state index in [9.17, 15) is 4.79 Å². The number of nitrogens with one attached hydrogen (secondary N) is 1. The molecule has 0 spiro atoms. The van der Waals surface area contributed by atoms with Crippen LogP contribution in [-0.2, 0) is 6.54 Å². The third kappa shape index (κ3) is 3.75. The molecule has 128 valence electrons. The third-order valence-corrected chi connectivity index (χ3v) is 5.70. The maximum Gasteiger partial charge on any atom is 0.318 e. The fourth-order valence-corrected chi connectivity index (χ4v) is 3.89. The van der Waals surface area contributed by atoms with Crippen LogP contribution in [0.15, 0.2) is 30.3 Å². The van der Waals surface area contributed by atoms with Gasteiger partial charge in [-0.15, -0.1) is 10.2 Å². The molecule has 3 rings (SSSR count). The number of nitrogens with zero attached hydrogens (tertiary/aromatic N) is 3. The number of aromatic nitrogens is 2. The van der Waals surface area contributed by atoms with Gasteiger partial charge in [0.2, 0.25) is 0 Å². The number of benzene rings is 1. The summed E-state index contributed by atoms with van der Waals surface area (Å²) in [5, 5.41) is 13.2. The molecule has 2 amide bonds. The minimum Gasteiger partial charge on any atom is -0.331 e. The van der Waals surface area contributed by atoms with Gasteiger partial charge < -0.3 is 10.2 Å². The Bertz CT molecular complexity index is 685. The van der Waals surface area contributed by atoms with Crippen molar-refractivity contribution in [3.05, 3.63) is 45.9 Å². The van der Waals surface area contributed by atoms with Gasteiger partial charge in [-0.05, 0) is 18.9 Å². The highest BCUT2D eigenvalue weighted by atomic mass is 32.1. The highest BCUT2D eigenvalue weighted by Gasteiger charge is 2.33. The smallest absolute Gasteiger partial charge is 0.318 e. The van der Waals surface area contributed by atoms with Gasteiger partial charge in [-0.2, -0.15) is 0 Å². The van der Waals surface area contributed by atoms with E-state index in [2.05, 4.69) is 60.6 Å². The van der Waals surface area contributed by atoms with Crippen LogP contribution >= 0.6 is 11.3 Å². The SMILES string of the molecule is CC(C)c1nnc(CNC(=O)N2CC(c3ccccc3)CC2C)s1. The molecule has 0 aliphatic carbocycles. The molecule has 2 atom stereocenters. The molecule has 1 saturated heterocycles. The average Bonchev–Trinajstić information content (AvgIpc) is 3.20. The maximum atomic E-state index is 12.5. The average molecular weight is 344 g/mol. The number of likely N-dealkylation sites (tertiary alicyclic amines) is 1. The first-order valence-corrected chi connectivity index (χ1v) is 9.28. The molecule has 2 heterocycles. The van der Waals surface area contributed by atoms with Gasteiger partial charge in [-0.3, -0.25) is 0 Å². The molecule has 0 bridgehead atoms. The summed E-state index contributed by atoms with van der Waals surface area (Å²) in [5.41, 5.74) is 1.31. The Morgan fingerprint density at radius 3 is 2.75 bits per heavy atom. The van der Waals surface area contributed by atoms with E-state index in [0.717, 1.165) is 23.0 Å². The van der Waals surface area contributed by atoms with Crippen LogP contribution in [-0.4, -0.2) is 33.7 Å². The van der Waals surface area contributed by atoms with E-state index in [0.29, 0.717) is 18.4 Å². The van der Waals surface area contributed by atoms with Gasteiger partial charge in [0, 0.05) is 24.4 Å². The van der Waals surface area contributed by atoms with Crippen molar-refractivity contribution in [3.63, 3.8) is 0 Å². The van der Waals surface area contributed by atoms with Crippen molar-refractivity contribution in [2.75, 3.05) is 6.54 Å². The minimum atomic E-state index is -0.0118. The van der Waals surface area contributed by atoms with Crippen molar-refractivity contribution < 1.29 is 4.79 Å². The number of rotatable bonds is 4. The summed E-state index contributed by atoms with van der Waals surface area (Å²) in [4.78, 5) is 14.5. The Kier molecular flexibility index (Phi) is 5.14. The maximum absolute atomic E-state index is 12.5. The lowest BCUT2D eigenvalue weighted by atomic mass is 9.97. The van der Waals surface area contributed by atoms with Crippen LogP contribution in [0.3, 0.4) is 0 Å². The summed E-state index contributed by atoms with van der Waals surface area (Å²) in [6, 6.07) is 10.7. The van der Waals surface area contributed by atoms with Crippen LogP contribution in [0.4, 0.5) is 4.79 Å². The van der Waals surface area contributed by atoms with Gasteiger partial charge in [-0.25, -0.2) is 4.79 Å². The second kappa shape index (κ2) is 7.30. The zero-order chi connectivity index (χ0) is 17.1. The number of carbonyl (C=O) groups excluding carboxylic acids is 1. The summed E-state index contributed by atoms with van der Waals surface area (Å²) in [6.45, 7) is 7.52. The van der Waals surface area contributed by atoms with E-state index in [1.165, 1.54) is 5.56 Å². The molecule has 1 N–H and O–H groups in total. The monoisotopic (exact) mass is 344 g/mol. The quantitative estimate of drug-likeness (QED) is 0.919. The van der Waals surface area contributed by atoms with E-state index in [4.69, 9.17) is 0 Å². The van der Waals surface area contributed by atoms with Crippen molar-refractivity contribution in [2.24, 2.45) is 0 Å². The van der Waals surface area contributed by atoms with Crippen LogP contribution in [0.2, 0.25) is 0 Å². The lowest BCUT2D eigenvalue weighted by Crippen LogP contribution is -2.41. The predicted molar refractivity (Wildman–Crippen MR) is 96.2 cm³/mol. The molecule has 2 unspecified atom stereocenters. The molecule has 24 heavy (non-hydrogen) atoms. The topological polar surface area (TPSA) is 58.1 Å². The minimum absolute atomic E-state index is 0.0118. The molecule has 1 fully saturated rings. The van der Waals surface area contributed by atoms with Gasteiger partial charge in [0.25, 0.3) is 0 Å². The Morgan fingerprint density at radius 1 is 1.33 bits per heavy atom. The van der Waals surface area contributed by atoms with E-state index in [-0.39, 0.29) is 12.1 Å². The molecule has 6 heteroatoms. The largest absolute Gasteiger partial charge is 0.331 e. The number of hydrogen-bond acceptors (Lipinski definition) is 4. The van der Waals surface area contributed by atoms with Crippen molar-refractivity contribution in [1.29, 1.82) is 0 Å². The van der Waals surface area contributed by atoms with E-state index < -0.39 is 0 Å². The van der Waals surface area contributed by atoms with Crippen molar-refractivity contribution in [1.82, 2.24) is 20.4 Å². The van der Waals surface area contributed by atoms with Crippen molar-refractivity contribution in [2.45, 2.75) is 51.6 Å². The molecule has 5 nitrogen and oxygen atoms in total. The van der Waals surface area contributed by atoms with Crippen molar-refractivity contribution in [3.8, 4) is 0 Å². The normalized spacial score (nSPS) is 20.6. The number of hydrogen-bond donors (Lipinski definition) is 1. The molecule has 1 aliphatic heterocycles. The fraction of sp³-hybridized carbons (Fsp3) is 0.500. The first kappa shape index (κ1) is 16.9.